The monoisotopic (exact) mass is 792 g/mol. The molecular weight excluding hydrogens is 713 g/mol. The standard InChI is InChI=1S/C45H78NO8P/c1-3-5-7-9-11-13-15-17-19-20-21-22-24-26-28-30-32-34-36-38-45(49)52-41-43(47)42-54-55(50,51)53-40-39-46-44(48)37-35-33-31-29-27-25-23-18-16-14-12-10-8-6-4-2/h6,8,11-14,17-19,23,27,29,43,47H,3-5,7,9-10,15-16,20-22,24-26,28,30-42H2,1-2H3,(H,46,48)(H,50,51)/b8-6-,13-11-,14-12-,19-17-,23-18-,29-27-. The summed E-state index contributed by atoms with van der Waals surface area (Å²) in [6.07, 6.45) is 49.8. The number of esters is 1. The molecule has 0 aliphatic carbocycles. The molecule has 0 spiro atoms. The Hall–Kier alpha value is -2.55. The molecule has 0 aliphatic rings. The van der Waals surface area contributed by atoms with E-state index in [-0.39, 0.29) is 32.1 Å². The van der Waals surface area contributed by atoms with Gasteiger partial charge in [0, 0.05) is 19.4 Å². The molecule has 0 aliphatic heterocycles. The van der Waals surface area contributed by atoms with Crippen molar-refractivity contribution in [3.63, 3.8) is 0 Å². The molecule has 0 aromatic rings. The maximum Gasteiger partial charge on any atom is 0.472 e. The molecule has 0 saturated heterocycles. The second kappa shape index (κ2) is 41.1. The minimum atomic E-state index is -4.43. The second-order valence-corrected chi connectivity index (χ2v) is 15.4. The number of aliphatic hydroxyl groups excluding tert-OH is 1. The fraction of sp³-hybridized carbons (Fsp3) is 0.689. The van der Waals surface area contributed by atoms with Crippen LogP contribution in [0, 0.1) is 0 Å². The van der Waals surface area contributed by atoms with Gasteiger partial charge in [-0.05, 0) is 83.5 Å². The zero-order valence-electron chi connectivity index (χ0n) is 34.6. The Kier molecular flexibility index (Phi) is 39.2. The molecule has 10 heteroatoms. The van der Waals surface area contributed by atoms with Crippen LogP contribution in [-0.2, 0) is 27.9 Å². The molecule has 2 atom stereocenters. The molecule has 0 radical (unpaired) electrons. The predicted octanol–water partition coefficient (Wildman–Crippen LogP) is 11.9. The maximum absolute atomic E-state index is 12.1. The van der Waals surface area contributed by atoms with E-state index < -0.39 is 26.5 Å². The molecule has 55 heavy (non-hydrogen) atoms. The summed E-state index contributed by atoms with van der Waals surface area (Å²) in [7, 11) is -4.43. The maximum atomic E-state index is 12.1. The highest BCUT2D eigenvalue weighted by molar-refractivity contribution is 7.47. The van der Waals surface area contributed by atoms with Crippen molar-refractivity contribution in [2.45, 2.75) is 174 Å². The van der Waals surface area contributed by atoms with Crippen LogP contribution in [0.15, 0.2) is 72.9 Å². The lowest BCUT2D eigenvalue weighted by molar-refractivity contribution is -0.147. The van der Waals surface area contributed by atoms with E-state index in [0.29, 0.717) is 6.42 Å². The number of phosphoric ester groups is 1. The molecule has 0 aromatic heterocycles. The zero-order chi connectivity index (χ0) is 40.3. The number of phosphoric acid groups is 1. The lowest BCUT2D eigenvalue weighted by Gasteiger charge is -2.15. The van der Waals surface area contributed by atoms with Crippen LogP contribution >= 0.6 is 7.82 Å². The van der Waals surface area contributed by atoms with Crippen LogP contribution in [0.2, 0.25) is 0 Å². The van der Waals surface area contributed by atoms with Crippen molar-refractivity contribution in [3.8, 4) is 0 Å². The average molecular weight is 792 g/mol. The summed E-state index contributed by atoms with van der Waals surface area (Å²) >= 11 is 0. The third-order valence-electron chi connectivity index (χ3n) is 8.62. The van der Waals surface area contributed by atoms with Crippen molar-refractivity contribution >= 4 is 19.7 Å². The van der Waals surface area contributed by atoms with E-state index in [1.54, 1.807) is 0 Å². The molecule has 0 saturated carbocycles. The number of amides is 1. The summed E-state index contributed by atoms with van der Waals surface area (Å²) in [6.45, 7) is 3.34. The van der Waals surface area contributed by atoms with Crippen LogP contribution in [0.25, 0.3) is 0 Å². The van der Waals surface area contributed by atoms with Gasteiger partial charge in [0.25, 0.3) is 0 Å². The molecule has 1 amide bonds. The number of hydrogen-bond acceptors (Lipinski definition) is 7. The summed E-state index contributed by atoms with van der Waals surface area (Å²) < 4.78 is 26.8. The van der Waals surface area contributed by atoms with E-state index in [1.807, 2.05) is 0 Å². The number of aliphatic hydroxyl groups is 1. The van der Waals surface area contributed by atoms with Crippen molar-refractivity contribution in [1.82, 2.24) is 5.32 Å². The number of unbranched alkanes of at least 4 members (excludes halogenated alkanes) is 14. The fourth-order valence-electron chi connectivity index (χ4n) is 5.40. The Morgan fingerprint density at radius 3 is 1.58 bits per heavy atom. The van der Waals surface area contributed by atoms with E-state index in [2.05, 4.69) is 92.1 Å². The highest BCUT2D eigenvalue weighted by Gasteiger charge is 2.23. The summed E-state index contributed by atoms with van der Waals surface area (Å²) in [4.78, 5) is 33.9. The van der Waals surface area contributed by atoms with Gasteiger partial charge in [-0.3, -0.25) is 18.6 Å². The molecule has 3 N–H and O–H groups in total. The van der Waals surface area contributed by atoms with Gasteiger partial charge in [0.05, 0.1) is 13.2 Å². The van der Waals surface area contributed by atoms with Gasteiger partial charge in [-0.2, -0.15) is 0 Å². The quantitative estimate of drug-likeness (QED) is 0.0243. The lowest BCUT2D eigenvalue weighted by atomic mass is 10.1. The second-order valence-electron chi connectivity index (χ2n) is 13.9. The van der Waals surface area contributed by atoms with E-state index in [0.717, 1.165) is 77.0 Å². The average Bonchev–Trinajstić information content (AvgIpc) is 3.17. The number of nitrogens with one attached hydrogen (secondary N) is 1. The van der Waals surface area contributed by atoms with E-state index in [9.17, 15) is 24.2 Å². The van der Waals surface area contributed by atoms with E-state index in [4.69, 9.17) is 13.8 Å². The van der Waals surface area contributed by atoms with Gasteiger partial charge in [-0.15, -0.1) is 0 Å². The smallest absolute Gasteiger partial charge is 0.463 e. The van der Waals surface area contributed by atoms with Gasteiger partial charge in [-0.1, -0.05) is 145 Å². The Balaban J connectivity index is 3.66. The van der Waals surface area contributed by atoms with Gasteiger partial charge in [-0.25, -0.2) is 4.57 Å². The van der Waals surface area contributed by atoms with Crippen LogP contribution in [0.1, 0.15) is 168 Å². The molecule has 0 bridgehead atoms. The molecule has 0 heterocycles. The van der Waals surface area contributed by atoms with Crippen molar-refractivity contribution in [2.75, 3.05) is 26.4 Å². The lowest BCUT2D eigenvalue weighted by Crippen LogP contribution is -2.27. The van der Waals surface area contributed by atoms with Gasteiger partial charge < -0.3 is 20.1 Å². The Morgan fingerprint density at radius 1 is 0.582 bits per heavy atom. The van der Waals surface area contributed by atoms with Crippen LogP contribution in [0.4, 0.5) is 0 Å². The van der Waals surface area contributed by atoms with Crippen LogP contribution in [0.3, 0.4) is 0 Å². The van der Waals surface area contributed by atoms with Crippen LogP contribution < -0.4 is 5.32 Å². The molecule has 0 rings (SSSR count). The molecule has 316 valence electrons. The van der Waals surface area contributed by atoms with Crippen molar-refractivity contribution in [3.05, 3.63) is 72.9 Å². The third kappa shape index (κ3) is 42.4. The van der Waals surface area contributed by atoms with Crippen LogP contribution in [-0.4, -0.2) is 54.3 Å². The fourth-order valence-corrected chi connectivity index (χ4v) is 6.16. The molecule has 0 aromatic carbocycles. The topological polar surface area (TPSA) is 131 Å². The molecular formula is C45H78NO8P. The van der Waals surface area contributed by atoms with Gasteiger partial charge in [0.1, 0.15) is 12.7 Å². The largest absolute Gasteiger partial charge is 0.472 e. The number of carbonyl (C=O) groups is 2. The van der Waals surface area contributed by atoms with E-state index >= 15 is 0 Å². The first-order valence-corrected chi connectivity index (χ1v) is 22.9. The normalized spacial score (nSPS) is 14.0. The van der Waals surface area contributed by atoms with Crippen LogP contribution in [0.5, 0.6) is 0 Å². The summed E-state index contributed by atoms with van der Waals surface area (Å²) in [5.41, 5.74) is 0. The number of carbonyl (C=O) groups excluding carboxylic acids is 2. The summed E-state index contributed by atoms with van der Waals surface area (Å²) in [6, 6.07) is 0. The highest BCUT2D eigenvalue weighted by Crippen LogP contribution is 2.42. The highest BCUT2D eigenvalue weighted by atomic mass is 31.2. The Bertz CT molecular complexity index is 1130. The van der Waals surface area contributed by atoms with Gasteiger partial charge in [0.2, 0.25) is 5.91 Å². The predicted molar refractivity (Wildman–Crippen MR) is 229 cm³/mol. The minimum Gasteiger partial charge on any atom is -0.463 e. The van der Waals surface area contributed by atoms with Crippen molar-refractivity contribution < 1.29 is 37.9 Å². The first kappa shape index (κ1) is 52.5. The molecule has 2 unspecified atom stereocenters. The SMILES string of the molecule is CC/C=C\C/C=C\C/C=C\C/C=C\CCCCC(=O)NCCOP(=O)(O)OCC(O)COC(=O)CCCCCCCCCCC/C=C\C/C=C\CCCCC. The van der Waals surface area contributed by atoms with E-state index in [1.165, 1.54) is 64.2 Å². The number of rotatable bonds is 39. The number of allylic oxidation sites excluding steroid dienone is 12. The van der Waals surface area contributed by atoms with Gasteiger partial charge >= 0.3 is 13.8 Å². The Morgan fingerprint density at radius 2 is 1.04 bits per heavy atom. The van der Waals surface area contributed by atoms with Crippen molar-refractivity contribution in [2.24, 2.45) is 0 Å². The summed E-state index contributed by atoms with van der Waals surface area (Å²) in [5.74, 6) is -0.568. The minimum absolute atomic E-state index is 0.0553. The first-order chi connectivity index (χ1) is 26.8. The summed E-state index contributed by atoms with van der Waals surface area (Å²) in [5, 5.41) is 12.7. The molecule has 9 nitrogen and oxygen atoms in total. The zero-order valence-corrected chi connectivity index (χ0v) is 35.5. The van der Waals surface area contributed by atoms with Crippen molar-refractivity contribution in [1.29, 1.82) is 0 Å². The number of ether oxygens (including phenoxy) is 1. The van der Waals surface area contributed by atoms with Gasteiger partial charge in [0.15, 0.2) is 0 Å². The first-order valence-electron chi connectivity index (χ1n) is 21.4. The number of hydrogen-bond donors (Lipinski definition) is 3. The molecule has 0 fully saturated rings. The Labute approximate surface area is 335 Å². The third-order valence-corrected chi connectivity index (χ3v) is 9.60.